The summed E-state index contributed by atoms with van der Waals surface area (Å²) in [6.07, 6.45) is 0.849. The molecule has 0 aliphatic heterocycles. The summed E-state index contributed by atoms with van der Waals surface area (Å²) in [5.41, 5.74) is 4.99. The first kappa shape index (κ1) is 10.4. The molecular formula is C8H18N2O. The topological polar surface area (TPSA) is 55.1 Å². The smallest absolute Gasteiger partial charge is 0.225 e. The van der Waals surface area contributed by atoms with Crippen LogP contribution in [0.15, 0.2) is 0 Å². The van der Waals surface area contributed by atoms with E-state index in [-0.39, 0.29) is 11.3 Å². The van der Waals surface area contributed by atoms with E-state index in [1.807, 2.05) is 20.8 Å². The molecule has 0 unspecified atom stereocenters. The zero-order chi connectivity index (χ0) is 8.91. The van der Waals surface area contributed by atoms with E-state index >= 15 is 0 Å². The van der Waals surface area contributed by atoms with Crippen molar-refractivity contribution in [2.24, 2.45) is 11.1 Å². The number of hydrogen-bond acceptors (Lipinski definition) is 2. The van der Waals surface area contributed by atoms with Gasteiger partial charge in [0.05, 0.1) is 0 Å². The highest BCUT2D eigenvalue weighted by atomic mass is 16.2. The van der Waals surface area contributed by atoms with Gasteiger partial charge >= 0.3 is 0 Å². The van der Waals surface area contributed by atoms with Crippen molar-refractivity contribution in [3.8, 4) is 0 Å². The molecule has 0 aromatic heterocycles. The number of carbonyl (C=O) groups is 1. The second-order valence-electron chi connectivity index (χ2n) is 3.65. The first-order valence-electron chi connectivity index (χ1n) is 3.97. The zero-order valence-electron chi connectivity index (χ0n) is 7.61. The van der Waals surface area contributed by atoms with Gasteiger partial charge in [0.1, 0.15) is 0 Å². The molecule has 0 aliphatic carbocycles. The molecule has 0 saturated heterocycles. The van der Waals surface area contributed by atoms with Crippen molar-refractivity contribution in [3.63, 3.8) is 0 Å². The highest BCUT2D eigenvalue weighted by Gasteiger charge is 2.19. The van der Waals surface area contributed by atoms with Crippen LogP contribution < -0.4 is 11.1 Å². The maximum Gasteiger partial charge on any atom is 0.225 e. The van der Waals surface area contributed by atoms with Crippen LogP contribution in [0.3, 0.4) is 0 Å². The molecule has 0 heterocycles. The van der Waals surface area contributed by atoms with Crippen LogP contribution in [-0.4, -0.2) is 19.0 Å². The third-order valence-corrected chi connectivity index (χ3v) is 1.35. The lowest BCUT2D eigenvalue weighted by Crippen LogP contribution is -2.35. The normalized spacial score (nSPS) is 11.3. The van der Waals surface area contributed by atoms with E-state index in [4.69, 9.17) is 5.73 Å². The molecule has 0 fully saturated rings. The van der Waals surface area contributed by atoms with Crippen molar-refractivity contribution in [2.75, 3.05) is 13.1 Å². The number of hydrogen-bond donors (Lipinski definition) is 2. The Morgan fingerprint density at radius 2 is 2.00 bits per heavy atom. The van der Waals surface area contributed by atoms with E-state index in [1.54, 1.807) is 0 Å². The maximum absolute atomic E-state index is 11.2. The Morgan fingerprint density at radius 3 is 2.36 bits per heavy atom. The van der Waals surface area contributed by atoms with Gasteiger partial charge in [-0.25, -0.2) is 0 Å². The summed E-state index contributed by atoms with van der Waals surface area (Å²) in [4.78, 5) is 11.2. The molecule has 0 aliphatic rings. The van der Waals surface area contributed by atoms with Gasteiger partial charge in [0.15, 0.2) is 0 Å². The van der Waals surface area contributed by atoms with Crippen LogP contribution in [0.2, 0.25) is 0 Å². The molecule has 0 radical (unpaired) electrons. The molecule has 0 bridgehead atoms. The Kier molecular flexibility index (Phi) is 4.11. The molecule has 66 valence electrons. The van der Waals surface area contributed by atoms with Crippen molar-refractivity contribution in [2.45, 2.75) is 27.2 Å². The number of amides is 1. The fourth-order valence-corrected chi connectivity index (χ4v) is 0.569. The summed E-state index contributed by atoms with van der Waals surface area (Å²) in [6.45, 7) is 7.00. The van der Waals surface area contributed by atoms with Gasteiger partial charge in [0, 0.05) is 12.0 Å². The molecule has 11 heavy (non-hydrogen) atoms. The predicted octanol–water partition coefficient (Wildman–Crippen LogP) is 0.497. The summed E-state index contributed by atoms with van der Waals surface area (Å²) >= 11 is 0. The Labute approximate surface area is 68.3 Å². The Morgan fingerprint density at radius 1 is 1.45 bits per heavy atom. The molecule has 1 amide bonds. The highest BCUT2D eigenvalue weighted by molar-refractivity contribution is 5.81. The number of nitrogens with one attached hydrogen (secondary N) is 1. The average Bonchev–Trinajstić information content (AvgIpc) is 1.86. The summed E-state index contributed by atoms with van der Waals surface area (Å²) in [5, 5.41) is 2.80. The van der Waals surface area contributed by atoms with Crippen LogP contribution in [0.4, 0.5) is 0 Å². The van der Waals surface area contributed by atoms with Crippen LogP contribution >= 0.6 is 0 Å². The first-order valence-corrected chi connectivity index (χ1v) is 3.97. The zero-order valence-corrected chi connectivity index (χ0v) is 7.61. The number of rotatable bonds is 3. The van der Waals surface area contributed by atoms with E-state index in [2.05, 4.69) is 5.32 Å². The summed E-state index contributed by atoms with van der Waals surface area (Å²) < 4.78 is 0. The fourth-order valence-electron chi connectivity index (χ4n) is 0.569. The Bertz CT molecular complexity index is 127. The molecule has 3 N–H and O–H groups in total. The second kappa shape index (κ2) is 4.34. The molecule has 0 saturated carbocycles. The molecule has 0 atom stereocenters. The van der Waals surface area contributed by atoms with Crippen LogP contribution in [-0.2, 0) is 4.79 Å². The first-order chi connectivity index (χ1) is 4.98. The molecule has 0 rings (SSSR count). The third-order valence-electron chi connectivity index (χ3n) is 1.35. The van der Waals surface area contributed by atoms with Gasteiger partial charge in [0.2, 0.25) is 5.91 Å². The molecule has 3 heteroatoms. The summed E-state index contributed by atoms with van der Waals surface area (Å²) in [7, 11) is 0. The van der Waals surface area contributed by atoms with Gasteiger partial charge < -0.3 is 11.1 Å². The quantitative estimate of drug-likeness (QED) is 0.587. The van der Waals surface area contributed by atoms with E-state index in [0.29, 0.717) is 13.1 Å². The van der Waals surface area contributed by atoms with E-state index in [1.165, 1.54) is 0 Å². The van der Waals surface area contributed by atoms with Gasteiger partial charge in [-0.1, -0.05) is 20.8 Å². The molecule has 3 nitrogen and oxygen atoms in total. The van der Waals surface area contributed by atoms with Crippen LogP contribution in [0, 0.1) is 5.41 Å². The monoisotopic (exact) mass is 158 g/mol. The highest BCUT2D eigenvalue weighted by Crippen LogP contribution is 2.11. The van der Waals surface area contributed by atoms with Crippen LogP contribution in [0.25, 0.3) is 0 Å². The lowest BCUT2D eigenvalue weighted by molar-refractivity contribution is -0.128. The van der Waals surface area contributed by atoms with Crippen molar-refractivity contribution in [1.29, 1.82) is 0 Å². The Balaban J connectivity index is 3.54. The minimum Gasteiger partial charge on any atom is -0.356 e. The van der Waals surface area contributed by atoms with Crippen molar-refractivity contribution in [3.05, 3.63) is 0 Å². The van der Waals surface area contributed by atoms with Gasteiger partial charge in [0.25, 0.3) is 0 Å². The SMILES string of the molecule is CC(C)(C)C(=O)NCCCN. The lowest BCUT2D eigenvalue weighted by Gasteiger charge is -2.17. The van der Waals surface area contributed by atoms with Crippen LogP contribution in [0.5, 0.6) is 0 Å². The van der Waals surface area contributed by atoms with Gasteiger partial charge in [-0.15, -0.1) is 0 Å². The molecular weight excluding hydrogens is 140 g/mol. The van der Waals surface area contributed by atoms with E-state index < -0.39 is 0 Å². The third kappa shape index (κ3) is 4.79. The number of nitrogens with two attached hydrogens (primary N) is 1. The Hall–Kier alpha value is -0.570. The second-order valence-corrected chi connectivity index (χ2v) is 3.65. The largest absolute Gasteiger partial charge is 0.356 e. The number of carbonyl (C=O) groups excluding carboxylic acids is 1. The van der Waals surface area contributed by atoms with Gasteiger partial charge in [-0.05, 0) is 13.0 Å². The van der Waals surface area contributed by atoms with E-state index in [9.17, 15) is 4.79 Å². The summed E-state index contributed by atoms with van der Waals surface area (Å²) in [6, 6.07) is 0. The lowest BCUT2D eigenvalue weighted by atomic mass is 9.96. The molecule has 0 spiro atoms. The van der Waals surface area contributed by atoms with Gasteiger partial charge in [-0.2, -0.15) is 0 Å². The van der Waals surface area contributed by atoms with Gasteiger partial charge in [-0.3, -0.25) is 4.79 Å². The van der Waals surface area contributed by atoms with Crippen molar-refractivity contribution >= 4 is 5.91 Å². The van der Waals surface area contributed by atoms with Crippen LogP contribution in [0.1, 0.15) is 27.2 Å². The van der Waals surface area contributed by atoms with Crippen molar-refractivity contribution < 1.29 is 4.79 Å². The fraction of sp³-hybridized carbons (Fsp3) is 0.875. The minimum atomic E-state index is -0.283. The maximum atomic E-state index is 11.2. The van der Waals surface area contributed by atoms with E-state index in [0.717, 1.165) is 6.42 Å². The standard InChI is InChI=1S/C8H18N2O/c1-8(2,3)7(11)10-6-4-5-9/h4-6,9H2,1-3H3,(H,10,11). The molecule has 0 aromatic rings. The predicted molar refractivity (Wildman–Crippen MR) is 46.1 cm³/mol. The molecule has 0 aromatic carbocycles. The minimum absolute atomic E-state index is 0.0888. The van der Waals surface area contributed by atoms with Crippen molar-refractivity contribution in [1.82, 2.24) is 5.32 Å². The average molecular weight is 158 g/mol. The summed E-state index contributed by atoms with van der Waals surface area (Å²) in [5.74, 6) is 0.0888.